The summed E-state index contributed by atoms with van der Waals surface area (Å²) >= 11 is 1.70. The normalized spacial score (nSPS) is 30.0. The van der Waals surface area contributed by atoms with Crippen molar-refractivity contribution in [3.05, 3.63) is 36.5 Å². The molecule has 3 fully saturated rings. The van der Waals surface area contributed by atoms with Crippen LogP contribution in [-0.4, -0.2) is 59.0 Å². The summed E-state index contributed by atoms with van der Waals surface area (Å²) in [7, 11) is 0. The number of fused-ring (bicyclic) bond motifs is 2. The third kappa shape index (κ3) is 2.55. The van der Waals surface area contributed by atoms with Crippen LogP contribution < -0.4 is 5.32 Å². The number of aromatic nitrogens is 1. The van der Waals surface area contributed by atoms with E-state index in [4.69, 9.17) is 4.99 Å². The number of piperidine rings is 3. The lowest BCUT2D eigenvalue weighted by Crippen LogP contribution is -2.67. The summed E-state index contributed by atoms with van der Waals surface area (Å²) in [5.74, 6) is 1.78. The van der Waals surface area contributed by atoms with Crippen molar-refractivity contribution in [2.45, 2.75) is 25.3 Å². The number of nitrogens with zero attached hydrogens (tertiary/aromatic N) is 4. The smallest absolute Gasteiger partial charge is 0.200 e. The molecule has 1 N–H and O–H groups in total. The van der Waals surface area contributed by atoms with Gasteiger partial charge in [-0.2, -0.15) is 0 Å². The van der Waals surface area contributed by atoms with Gasteiger partial charge in [0, 0.05) is 19.3 Å². The Morgan fingerprint density at radius 1 is 1.23 bits per heavy atom. The van der Waals surface area contributed by atoms with Crippen LogP contribution in [0, 0.1) is 5.92 Å². The van der Waals surface area contributed by atoms with Gasteiger partial charge in [-0.1, -0.05) is 41.7 Å². The number of nitrogens with one attached hydrogen (secondary N) is 1. The largest absolute Gasteiger partial charge is 0.334 e. The fourth-order valence-corrected chi connectivity index (χ4v) is 5.77. The first-order valence-electron chi connectivity index (χ1n) is 9.61. The van der Waals surface area contributed by atoms with Crippen molar-refractivity contribution in [2.24, 2.45) is 10.9 Å². The molecule has 2 aromatic rings. The molecule has 1 aromatic heterocycles. The molecule has 1 atom stereocenters. The van der Waals surface area contributed by atoms with E-state index < -0.39 is 0 Å². The summed E-state index contributed by atoms with van der Waals surface area (Å²) < 4.78 is 0. The van der Waals surface area contributed by atoms with Crippen molar-refractivity contribution < 1.29 is 0 Å². The Balaban J connectivity index is 1.36. The van der Waals surface area contributed by atoms with Crippen molar-refractivity contribution >= 4 is 22.4 Å². The Morgan fingerprint density at radius 3 is 2.73 bits per heavy atom. The van der Waals surface area contributed by atoms with E-state index in [1.165, 1.54) is 36.4 Å². The minimum Gasteiger partial charge on any atom is -0.334 e. The van der Waals surface area contributed by atoms with E-state index in [9.17, 15) is 0 Å². The first-order chi connectivity index (χ1) is 12.8. The molecule has 5 heterocycles. The molecule has 6 rings (SSSR count). The number of aliphatic imine (C=N–C) groups is 1. The van der Waals surface area contributed by atoms with Gasteiger partial charge in [0.15, 0.2) is 5.13 Å². The van der Waals surface area contributed by atoms with Gasteiger partial charge in [-0.15, -0.1) is 0 Å². The van der Waals surface area contributed by atoms with Crippen LogP contribution in [0.5, 0.6) is 0 Å². The first kappa shape index (κ1) is 16.3. The molecule has 3 saturated heterocycles. The monoisotopic (exact) mass is 367 g/mol. The third-order valence-corrected chi connectivity index (χ3v) is 7.20. The fourth-order valence-electron chi connectivity index (χ4n) is 4.96. The lowest BCUT2D eigenvalue weighted by Gasteiger charge is -2.55. The van der Waals surface area contributed by atoms with Gasteiger partial charge in [0.2, 0.25) is 5.96 Å². The highest BCUT2D eigenvalue weighted by molar-refractivity contribution is 7.19. The number of thiazole rings is 1. The minimum atomic E-state index is 0.201. The van der Waals surface area contributed by atoms with Crippen molar-refractivity contribution in [3.8, 4) is 10.4 Å². The SMILES string of the molecule is CCN1C(Nc2ncc(-c3ccccc3)s2)=NCC12CN1CCC2CC1. The number of likely N-dealkylation sites (N-methyl/N-ethyl adjacent to an activating group) is 1. The van der Waals surface area contributed by atoms with Crippen LogP contribution in [0.4, 0.5) is 5.13 Å². The third-order valence-electron chi connectivity index (χ3n) is 6.24. The fraction of sp³-hybridized carbons (Fsp3) is 0.500. The highest BCUT2D eigenvalue weighted by atomic mass is 32.1. The number of benzene rings is 1. The molecule has 0 aliphatic carbocycles. The van der Waals surface area contributed by atoms with Gasteiger partial charge in [-0.3, -0.25) is 4.99 Å². The second-order valence-corrected chi connectivity index (χ2v) is 8.59. The average molecular weight is 368 g/mol. The highest BCUT2D eigenvalue weighted by Gasteiger charge is 2.53. The number of rotatable bonds is 3. The van der Waals surface area contributed by atoms with Crippen molar-refractivity contribution in [1.82, 2.24) is 14.8 Å². The summed E-state index contributed by atoms with van der Waals surface area (Å²) in [6.07, 6.45) is 4.58. The highest BCUT2D eigenvalue weighted by Crippen LogP contribution is 2.42. The topological polar surface area (TPSA) is 43.8 Å². The zero-order valence-corrected chi connectivity index (χ0v) is 16.0. The summed E-state index contributed by atoms with van der Waals surface area (Å²) in [5.41, 5.74) is 1.42. The number of guanidine groups is 1. The molecule has 26 heavy (non-hydrogen) atoms. The predicted octanol–water partition coefficient (Wildman–Crippen LogP) is 3.38. The molecule has 2 bridgehead atoms. The average Bonchev–Trinajstić information content (AvgIpc) is 3.29. The molecule has 0 saturated carbocycles. The summed E-state index contributed by atoms with van der Waals surface area (Å²) in [5, 5.41) is 4.46. The van der Waals surface area contributed by atoms with E-state index in [-0.39, 0.29) is 5.54 Å². The Labute approximate surface area is 158 Å². The molecule has 136 valence electrons. The molecule has 4 aliphatic rings. The van der Waals surface area contributed by atoms with Gasteiger partial charge in [-0.25, -0.2) is 4.98 Å². The predicted molar refractivity (Wildman–Crippen MR) is 108 cm³/mol. The van der Waals surface area contributed by atoms with Gasteiger partial charge in [0.25, 0.3) is 0 Å². The van der Waals surface area contributed by atoms with Crippen LogP contribution in [0.15, 0.2) is 41.5 Å². The Hall–Kier alpha value is -1.92. The van der Waals surface area contributed by atoms with Gasteiger partial charge in [0.05, 0.1) is 17.0 Å². The quantitative estimate of drug-likeness (QED) is 0.903. The van der Waals surface area contributed by atoms with Gasteiger partial charge >= 0.3 is 0 Å². The Morgan fingerprint density at radius 2 is 2.04 bits per heavy atom. The summed E-state index contributed by atoms with van der Waals surface area (Å²) in [6.45, 7) is 7.85. The molecular formula is C20H25N5S. The number of anilines is 1. The molecule has 1 unspecified atom stereocenters. The number of hydrogen-bond donors (Lipinski definition) is 1. The molecule has 5 nitrogen and oxygen atoms in total. The zero-order chi connectivity index (χ0) is 17.6. The maximum Gasteiger partial charge on any atom is 0.200 e. The molecule has 6 heteroatoms. The van der Waals surface area contributed by atoms with E-state index in [0.717, 1.165) is 36.6 Å². The minimum absolute atomic E-state index is 0.201. The zero-order valence-electron chi connectivity index (χ0n) is 15.2. The van der Waals surface area contributed by atoms with Gasteiger partial charge in [-0.05, 0) is 44.3 Å². The second kappa shape index (κ2) is 6.35. The second-order valence-electron chi connectivity index (χ2n) is 7.56. The van der Waals surface area contributed by atoms with E-state index in [0.29, 0.717) is 0 Å². The maximum atomic E-state index is 4.93. The lowest BCUT2D eigenvalue weighted by atomic mass is 9.72. The number of hydrogen-bond acceptors (Lipinski definition) is 6. The Kier molecular flexibility index (Phi) is 3.98. The molecule has 0 amide bonds. The molecule has 1 spiro atoms. The van der Waals surface area contributed by atoms with Crippen LogP contribution >= 0.6 is 11.3 Å². The van der Waals surface area contributed by atoms with Crippen LogP contribution in [0.25, 0.3) is 10.4 Å². The van der Waals surface area contributed by atoms with Gasteiger partial charge < -0.3 is 15.1 Å². The van der Waals surface area contributed by atoms with E-state index >= 15 is 0 Å². The van der Waals surface area contributed by atoms with Crippen LogP contribution in [0.1, 0.15) is 19.8 Å². The Bertz CT molecular complexity index is 809. The van der Waals surface area contributed by atoms with Crippen molar-refractivity contribution in [3.63, 3.8) is 0 Å². The lowest BCUT2D eigenvalue weighted by molar-refractivity contribution is -0.0267. The summed E-state index contributed by atoms with van der Waals surface area (Å²) in [4.78, 5) is 15.9. The van der Waals surface area contributed by atoms with Gasteiger partial charge in [0.1, 0.15) is 0 Å². The molecule has 4 aliphatic heterocycles. The summed E-state index contributed by atoms with van der Waals surface area (Å²) in [6, 6.07) is 10.4. The van der Waals surface area contributed by atoms with Crippen molar-refractivity contribution in [2.75, 3.05) is 38.0 Å². The van der Waals surface area contributed by atoms with Crippen molar-refractivity contribution in [1.29, 1.82) is 0 Å². The standard InChI is InChI=1S/C20H25N5S/c1-2-25-18(22-13-20(25)14-24-10-8-16(20)9-11-24)23-19-21-12-17(26-19)15-6-4-3-5-7-15/h3-7,12,16H,2,8-11,13-14H2,1H3,(H,21,22,23). The van der Waals surface area contributed by atoms with E-state index in [1.54, 1.807) is 11.3 Å². The molecule has 0 radical (unpaired) electrons. The van der Waals surface area contributed by atoms with Crippen LogP contribution in [0.2, 0.25) is 0 Å². The van der Waals surface area contributed by atoms with Crippen LogP contribution in [-0.2, 0) is 0 Å². The molecular weight excluding hydrogens is 342 g/mol. The van der Waals surface area contributed by atoms with E-state index in [2.05, 4.69) is 51.3 Å². The first-order valence-corrected chi connectivity index (χ1v) is 10.4. The van der Waals surface area contributed by atoms with Crippen LogP contribution in [0.3, 0.4) is 0 Å². The molecule has 1 aromatic carbocycles. The maximum absolute atomic E-state index is 4.93. The van der Waals surface area contributed by atoms with E-state index in [1.807, 2.05) is 12.3 Å².